The summed E-state index contributed by atoms with van der Waals surface area (Å²) in [5.41, 5.74) is 6.14. The lowest BCUT2D eigenvalue weighted by Gasteiger charge is -2.39. The minimum Gasteiger partial charge on any atom is -0.380 e. The number of nitrogens with zero attached hydrogens (tertiary/aromatic N) is 1. The van der Waals surface area contributed by atoms with E-state index in [9.17, 15) is 0 Å². The molecule has 1 aliphatic rings. The van der Waals surface area contributed by atoms with Gasteiger partial charge in [0.2, 0.25) is 0 Å². The largest absolute Gasteiger partial charge is 0.380 e. The summed E-state index contributed by atoms with van der Waals surface area (Å²) in [5, 5.41) is 0. The van der Waals surface area contributed by atoms with Crippen LogP contribution in [0.2, 0.25) is 0 Å². The maximum Gasteiger partial charge on any atom is 0.0593 e. The second kappa shape index (κ2) is 11.4. The fraction of sp³-hybridized carbons (Fsp3) is 1.00. The van der Waals surface area contributed by atoms with Crippen molar-refractivity contribution in [2.45, 2.75) is 52.5 Å². The first-order chi connectivity index (χ1) is 10.2. The Morgan fingerprint density at radius 3 is 2.19 bits per heavy atom. The molecule has 3 atom stereocenters. The molecule has 0 saturated heterocycles. The van der Waals surface area contributed by atoms with Crippen molar-refractivity contribution in [3.8, 4) is 0 Å². The van der Waals surface area contributed by atoms with Gasteiger partial charge in [0, 0.05) is 38.9 Å². The quantitative estimate of drug-likeness (QED) is 0.596. The Labute approximate surface area is 131 Å². The molecule has 1 fully saturated rings. The van der Waals surface area contributed by atoms with Gasteiger partial charge >= 0.3 is 0 Å². The zero-order valence-corrected chi connectivity index (χ0v) is 14.4. The van der Waals surface area contributed by atoms with Gasteiger partial charge in [0.25, 0.3) is 0 Å². The predicted octanol–water partition coefficient (Wildman–Crippen LogP) is 2.51. The summed E-state index contributed by atoms with van der Waals surface area (Å²) in [6, 6.07) is 0.480. The van der Waals surface area contributed by atoms with Crippen molar-refractivity contribution in [2.75, 3.05) is 46.1 Å². The number of rotatable bonds is 11. The Bertz CT molecular complexity index is 241. The second-order valence-corrected chi connectivity index (χ2v) is 6.26. The first kappa shape index (κ1) is 18.9. The number of ether oxygens (including phenoxy) is 2. The maximum absolute atomic E-state index is 6.14. The number of hydrogen-bond donors (Lipinski definition) is 1. The average molecular weight is 300 g/mol. The number of nitrogens with two attached hydrogens (primary N) is 1. The Hall–Kier alpha value is -0.160. The third kappa shape index (κ3) is 7.09. The van der Waals surface area contributed by atoms with Crippen LogP contribution in [0.25, 0.3) is 0 Å². The molecule has 1 rings (SSSR count). The van der Waals surface area contributed by atoms with Crippen molar-refractivity contribution in [3.63, 3.8) is 0 Å². The Morgan fingerprint density at radius 1 is 1.10 bits per heavy atom. The molecule has 0 heterocycles. The van der Waals surface area contributed by atoms with E-state index in [-0.39, 0.29) is 0 Å². The molecular weight excluding hydrogens is 264 g/mol. The van der Waals surface area contributed by atoms with Crippen molar-refractivity contribution in [1.29, 1.82) is 0 Å². The highest BCUT2D eigenvalue weighted by Gasteiger charge is 2.29. The highest BCUT2D eigenvalue weighted by Crippen LogP contribution is 2.32. The molecule has 3 unspecified atom stereocenters. The zero-order valence-electron chi connectivity index (χ0n) is 14.4. The molecule has 0 aromatic rings. The van der Waals surface area contributed by atoms with Gasteiger partial charge in [-0.05, 0) is 38.5 Å². The van der Waals surface area contributed by atoms with Gasteiger partial charge in [0.1, 0.15) is 0 Å². The topological polar surface area (TPSA) is 47.7 Å². The molecule has 1 saturated carbocycles. The van der Waals surface area contributed by atoms with Crippen LogP contribution in [0.4, 0.5) is 0 Å². The minimum absolute atomic E-state index is 0.480. The molecule has 1 aliphatic carbocycles. The average Bonchev–Trinajstić information content (AvgIpc) is 2.48. The van der Waals surface area contributed by atoms with Gasteiger partial charge in [-0.1, -0.05) is 19.8 Å². The highest BCUT2D eigenvalue weighted by atomic mass is 16.5. The van der Waals surface area contributed by atoms with E-state index in [4.69, 9.17) is 15.2 Å². The molecule has 0 aromatic heterocycles. The van der Waals surface area contributed by atoms with Gasteiger partial charge in [-0.2, -0.15) is 0 Å². The number of hydrogen-bond acceptors (Lipinski definition) is 4. The SMILES string of the molecule is CCOCCN(CCOCC)C(CN)C1CCCC(C)C1. The van der Waals surface area contributed by atoms with Gasteiger partial charge in [0.05, 0.1) is 13.2 Å². The monoisotopic (exact) mass is 300 g/mol. The third-order valence-corrected chi connectivity index (χ3v) is 4.69. The van der Waals surface area contributed by atoms with E-state index in [2.05, 4.69) is 11.8 Å². The third-order valence-electron chi connectivity index (χ3n) is 4.69. The van der Waals surface area contributed by atoms with Crippen LogP contribution < -0.4 is 5.73 Å². The lowest BCUT2D eigenvalue weighted by molar-refractivity contribution is 0.0385. The summed E-state index contributed by atoms with van der Waals surface area (Å²) in [4.78, 5) is 2.51. The van der Waals surface area contributed by atoms with Gasteiger partial charge in [0.15, 0.2) is 0 Å². The summed E-state index contributed by atoms with van der Waals surface area (Å²) >= 11 is 0. The summed E-state index contributed by atoms with van der Waals surface area (Å²) < 4.78 is 11.1. The van der Waals surface area contributed by atoms with E-state index in [1.807, 2.05) is 13.8 Å². The summed E-state index contributed by atoms with van der Waals surface area (Å²) in [7, 11) is 0. The molecule has 21 heavy (non-hydrogen) atoms. The van der Waals surface area contributed by atoms with E-state index >= 15 is 0 Å². The lowest BCUT2D eigenvalue weighted by atomic mass is 9.78. The summed E-state index contributed by atoms with van der Waals surface area (Å²) in [6.45, 7) is 12.3. The van der Waals surface area contributed by atoms with E-state index in [0.29, 0.717) is 6.04 Å². The molecule has 2 N–H and O–H groups in total. The van der Waals surface area contributed by atoms with Crippen LogP contribution in [0, 0.1) is 11.8 Å². The molecule has 0 aromatic carbocycles. The van der Waals surface area contributed by atoms with Crippen LogP contribution in [0.1, 0.15) is 46.5 Å². The van der Waals surface area contributed by atoms with Crippen molar-refractivity contribution in [2.24, 2.45) is 17.6 Å². The molecule has 0 aliphatic heterocycles. The van der Waals surface area contributed by atoms with Crippen LogP contribution in [-0.4, -0.2) is 57.0 Å². The van der Waals surface area contributed by atoms with Crippen molar-refractivity contribution >= 4 is 0 Å². The smallest absolute Gasteiger partial charge is 0.0593 e. The van der Waals surface area contributed by atoms with Gasteiger partial charge in [-0.3, -0.25) is 4.90 Å². The molecule has 126 valence electrons. The van der Waals surface area contributed by atoms with E-state index in [1.165, 1.54) is 25.7 Å². The lowest BCUT2D eigenvalue weighted by Crippen LogP contribution is -2.49. The Kier molecular flexibility index (Phi) is 10.3. The molecule has 0 radical (unpaired) electrons. The van der Waals surface area contributed by atoms with Crippen molar-refractivity contribution in [1.82, 2.24) is 4.90 Å². The second-order valence-electron chi connectivity index (χ2n) is 6.26. The molecule has 0 amide bonds. The van der Waals surface area contributed by atoms with Crippen molar-refractivity contribution < 1.29 is 9.47 Å². The van der Waals surface area contributed by atoms with Crippen LogP contribution in [0.3, 0.4) is 0 Å². The van der Waals surface area contributed by atoms with Crippen LogP contribution in [0.15, 0.2) is 0 Å². The van der Waals surface area contributed by atoms with Crippen molar-refractivity contribution in [3.05, 3.63) is 0 Å². The first-order valence-electron chi connectivity index (χ1n) is 8.82. The van der Waals surface area contributed by atoms with Crippen LogP contribution >= 0.6 is 0 Å². The standard InChI is InChI=1S/C17H36N2O2/c1-4-20-11-9-19(10-12-21-5-2)17(14-18)16-8-6-7-15(3)13-16/h15-17H,4-14,18H2,1-3H3. The normalized spacial score (nSPS) is 24.4. The maximum atomic E-state index is 6.14. The van der Waals surface area contributed by atoms with E-state index in [0.717, 1.165) is 57.9 Å². The van der Waals surface area contributed by atoms with Gasteiger partial charge in [-0.15, -0.1) is 0 Å². The fourth-order valence-electron chi connectivity index (χ4n) is 3.57. The van der Waals surface area contributed by atoms with Crippen LogP contribution in [-0.2, 0) is 9.47 Å². The van der Waals surface area contributed by atoms with E-state index < -0.39 is 0 Å². The highest BCUT2D eigenvalue weighted by molar-refractivity contribution is 4.84. The molecular formula is C17H36N2O2. The zero-order chi connectivity index (χ0) is 15.5. The van der Waals surface area contributed by atoms with Gasteiger partial charge < -0.3 is 15.2 Å². The Balaban J connectivity index is 2.56. The van der Waals surface area contributed by atoms with Crippen LogP contribution in [0.5, 0.6) is 0 Å². The predicted molar refractivity (Wildman–Crippen MR) is 88.5 cm³/mol. The molecule has 4 nitrogen and oxygen atoms in total. The minimum atomic E-state index is 0.480. The van der Waals surface area contributed by atoms with Gasteiger partial charge in [-0.25, -0.2) is 0 Å². The fourth-order valence-corrected chi connectivity index (χ4v) is 3.57. The van der Waals surface area contributed by atoms with E-state index in [1.54, 1.807) is 0 Å². The molecule has 0 bridgehead atoms. The summed E-state index contributed by atoms with van der Waals surface area (Å²) in [6.07, 6.45) is 5.38. The first-order valence-corrected chi connectivity index (χ1v) is 8.82. The molecule has 0 spiro atoms. The summed E-state index contributed by atoms with van der Waals surface area (Å²) in [5.74, 6) is 1.58. The molecule has 4 heteroatoms. The Morgan fingerprint density at radius 2 is 1.71 bits per heavy atom.